The molecule has 1 saturated heterocycles. The van der Waals surface area contributed by atoms with Crippen LogP contribution in [-0.4, -0.2) is 31.9 Å². The molecule has 0 N–H and O–H groups in total. The van der Waals surface area contributed by atoms with E-state index in [0.29, 0.717) is 24.6 Å². The Balaban J connectivity index is 1.58. The normalized spacial score (nSPS) is 17.1. The highest BCUT2D eigenvalue weighted by Crippen LogP contribution is 2.26. The van der Waals surface area contributed by atoms with Gasteiger partial charge < -0.3 is 4.74 Å². The second-order valence-corrected chi connectivity index (χ2v) is 10.1. The van der Waals surface area contributed by atoms with E-state index < -0.39 is 10.0 Å². The van der Waals surface area contributed by atoms with Gasteiger partial charge >= 0.3 is 0 Å². The Morgan fingerprint density at radius 2 is 1.56 bits per heavy atom. The van der Waals surface area contributed by atoms with Crippen molar-refractivity contribution in [2.75, 3.05) is 13.1 Å². The fraction of sp³-hybridized carbons (Fsp3) is 0.455. The quantitative estimate of drug-likeness (QED) is 0.766. The average molecular weight is 388 g/mol. The van der Waals surface area contributed by atoms with E-state index in [1.54, 1.807) is 16.4 Å². The molecule has 0 saturated carbocycles. The Labute approximate surface area is 163 Å². The largest absolute Gasteiger partial charge is 0.373 e. The van der Waals surface area contributed by atoms with Crippen LogP contribution in [0.25, 0.3) is 0 Å². The molecule has 0 bridgehead atoms. The molecule has 1 aliphatic rings. The third-order valence-corrected chi connectivity index (χ3v) is 7.00. The molecule has 3 rings (SSSR count). The monoisotopic (exact) mass is 387 g/mol. The van der Waals surface area contributed by atoms with Crippen molar-refractivity contribution in [3.63, 3.8) is 0 Å². The van der Waals surface area contributed by atoms with Crippen molar-refractivity contribution >= 4 is 10.0 Å². The standard InChI is InChI=1S/C22H29NO3S/c1-22(2,3)19-9-11-21(12-10-19)27(24,25)23-15-13-20(14-16-23)26-17-18-7-5-4-6-8-18/h4-12,20H,13-17H2,1-3H3. The maximum absolute atomic E-state index is 12.9. The molecule has 0 radical (unpaired) electrons. The van der Waals surface area contributed by atoms with Gasteiger partial charge in [-0.05, 0) is 41.5 Å². The van der Waals surface area contributed by atoms with Gasteiger partial charge in [-0.3, -0.25) is 0 Å². The summed E-state index contributed by atoms with van der Waals surface area (Å²) in [6.07, 6.45) is 1.57. The molecular formula is C22H29NO3S. The lowest BCUT2D eigenvalue weighted by molar-refractivity contribution is 0.0102. The first-order valence-corrected chi connectivity index (χ1v) is 11.0. The van der Waals surface area contributed by atoms with E-state index in [9.17, 15) is 8.42 Å². The minimum absolute atomic E-state index is 0.0106. The van der Waals surface area contributed by atoms with Gasteiger partial charge in [-0.2, -0.15) is 4.31 Å². The van der Waals surface area contributed by atoms with E-state index in [2.05, 4.69) is 20.8 Å². The molecule has 1 heterocycles. The van der Waals surface area contributed by atoms with Gasteiger partial charge in [-0.25, -0.2) is 8.42 Å². The molecule has 146 valence electrons. The number of hydrogen-bond donors (Lipinski definition) is 0. The molecular weight excluding hydrogens is 358 g/mol. The van der Waals surface area contributed by atoms with Crippen LogP contribution in [0.2, 0.25) is 0 Å². The van der Waals surface area contributed by atoms with Crippen LogP contribution < -0.4 is 0 Å². The molecule has 0 atom stereocenters. The van der Waals surface area contributed by atoms with Crippen LogP contribution in [0.5, 0.6) is 0 Å². The summed E-state index contributed by atoms with van der Waals surface area (Å²) < 4.78 is 33.4. The highest BCUT2D eigenvalue weighted by atomic mass is 32.2. The third-order valence-electron chi connectivity index (χ3n) is 5.09. The summed E-state index contributed by atoms with van der Waals surface area (Å²) in [7, 11) is -3.44. The Morgan fingerprint density at radius 3 is 2.11 bits per heavy atom. The zero-order valence-electron chi connectivity index (χ0n) is 16.4. The van der Waals surface area contributed by atoms with Crippen molar-refractivity contribution in [3.05, 3.63) is 65.7 Å². The Kier molecular flexibility index (Phi) is 6.04. The van der Waals surface area contributed by atoms with Crippen LogP contribution in [0.4, 0.5) is 0 Å². The number of benzene rings is 2. The molecule has 4 nitrogen and oxygen atoms in total. The van der Waals surface area contributed by atoms with Crippen LogP contribution in [0.3, 0.4) is 0 Å². The predicted molar refractivity (Wildman–Crippen MR) is 108 cm³/mol. The first-order chi connectivity index (χ1) is 12.8. The van der Waals surface area contributed by atoms with Crippen LogP contribution in [0.15, 0.2) is 59.5 Å². The van der Waals surface area contributed by atoms with E-state index in [4.69, 9.17) is 4.74 Å². The number of rotatable bonds is 5. The Morgan fingerprint density at radius 1 is 0.963 bits per heavy atom. The second kappa shape index (κ2) is 8.13. The van der Waals surface area contributed by atoms with Crippen molar-refractivity contribution in [2.24, 2.45) is 0 Å². The van der Waals surface area contributed by atoms with Crippen LogP contribution >= 0.6 is 0 Å². The Bertz CT molecular complexity index is 831. The minimum Gasteiger partial charge on any atom is -0.373 e. The van der Waals surface area contributed by atoms with Gasteiger partial charge in [0.05, 0.1) is 17.6 Å². The van der Waals surface area contributed by atoms with Crippen molar-refractivity contribution < 1.29 is 13.2 Å². The van der Waals surface area contributed by atoms with E-state index >= 15 is 0 Å². The summed E-state index contributed by atoms with van der Waals surface area (Å²) in [5.41, 5.74) is 2.29. The third kappa shape index (κ3) is 4.98. The van der Waals surface area contributed by atoms with Gasteiger partial charge in [0, 0.05) is 13.1 Å². The minimum atomic E-state index is -3.44. The predicted octanol–water partition coefficient (Wildman–Crippen LogP) is 4.35. The molecule has 1 fully saturated rings. The summed E-state index contributed by atoms with van der Waals surface area (Å²) in [5, 5.41) is 0. The Hall–Kier alpha value is -1.69. The van der Waals surface area contributed by atoms with Crippen molar-refractivity contribution in [2.45, 2.75) is 56.6 Å². The van der Waals surface area contributed by atoms with E-state index in [-0.39, 0.29) is 11.5 Å². The van der Waals surface area contributed by atoms with Crippen molar-refractivity contribution in [1.82, 2.24) is 4.31 Å². The van der Waals surface area contributed by atoms with Crippen molar-refractivity contribution in [1.29, 1.82) is 0 Å². The first-order valence-electron chi connectivity index (χ1n) is 9.53. The molecule has 5 heteroatoms. The molecule has 0 unspecified atom stereocenters. The van der Waals surface area contributed by atoms with Crippen LogP contribution in [0.1, 0.15) is 44.7 Å². The number of sulfonamides is 1. The van der Waals surface area contributed by atoms with Gasteiger partial charge in [0.1, 0.15) is 0 Å². The summed E-state index contributed by atoms with van der Waals surface area (Å²) in [6.45, 7) is 7.95. The summed E-state index contributed by atoms with van der Waals surface area (Å²) in [5.74, 6) is 0. The average Bonchev–Trinajstić information content (AvgIpc) is 2.67. The van der Waals surface area contributed by atoms with Gasteiger partial charge in [0.15, 0.2) is 0 Å². The smallest absolute Gasteiger partial charge is 0.243 e. The van der Waals surface area contributed by atoms with Crippen molar-refractivity contribution in [3.8, 4) is 0 Å². The summed E-state index contributed by atoms with van der Waals surface area (Å²) >= 11 is 0. The number of ether oxygens (including phenoxy) is 1. The van der Waals surface area contributed by atoms with E-state index in [1.165, 1.54) is 0 Å². The van der Waals surface area contributed by atoms with E-state index in [1.807, 2.05) is 42.5 Å². The fourth-order valence-electron chi connectivity index (χ4n) is 3.30. The van der Waals surface area contributed by atoms with E-state index in [0.717, 1.165) is 24.0 Å². The number of piperidine rings is 1. The zero-order valence-corrected chi connectivity index (χ0v) is 17.2. The number of hydrogen-bond acceptors (Lipinski definition) is 3. The highest BCUT2D eigenvalue weighted by molar-refractivity contribution is 7.89. The molecule has 0 aliphatic carbocycles. The molecule has 1 aliphatic heterocycles. The lowest BCUT2D eigenvalue weighted by atomic mass is 9.87. The topological polar surface area (TPSA) is 46.6 Å². The van der Waals surface area contributed by atoms with Gasteiger partial charge in [0.2, 0.25) is 10.0 Å². The maximum Gasteiger partial charge on any atom is 0.243 e. The lowest BCUT2D eigenvalue weighted by Crippen LogP contribution is -2.40. The zero-order chi connectivity index (χ0) is 19.5. The summed E-state index contributed by atoms with van der Waals surface area (Å²) in [6, 6.07) is 17.4. The molecule has 0 spiro atoms. The molecule has 0 amide bonds. The molecule has 27 heavy (non-hydrogen) atoms. The highest BCUT2D eigenvalue weighted by Gasteiger charge is 2.30. The van der Waals surface area contributed by atoms with Gasteiger partial charge in [-0.1, -0.05) is 63.2 Å². The molecule has 2 aromatic carbocycles. The van der Waals surface area contributed by atoms with Gasteiger partial charge in [-0.15, -0.1) is 0 Å². The van der Waals surface area contributed by atoms with Crippen LogP contribution in [0, 0.1) is 0 Å². The molecule has 2 aromatic rings. The maximum atomic E-state index is 12.9. The second-order valence-electron chi connectivity index (χ2n) is 8.17. The lowest BCUT2D eigenvalue weighted by Gasteiger charge is -2.31. The summed E-state index contributed by atoms with van der Waals surface area (Å²) in [4.78, 5) is 0.374. The molecule has 0 aromatic heterocycles. The first kappa shape index (κ1) is 20.1. The number of nitrogens with zero attached hydrogens (tertiary/aromatic N) is 1. The van der Waals surface area contributed by atoms with Gasteiger partial charge in [0.25, 0.3) is 0 Å². The van der Waals surface area contributed by atoms with Crippen LogP contribution in [-0.2, 0) is 26.8 Å². The SMILES string of the molecule is CC(C)(C)c1ccc(S(=O)(=O)N2CCC(OCc3ccccc3)CC2)cc1. The fourth-order valence-corrected chi connectivity index (χ4v) is 4.77.